The molecule has 3 heterocycles. The predicted octanol–water partition coefficient (Wildman–Crippen LogP) is 1.67. The first-order valence-electron chi connectivity index (χ1n) is 7.09. The minimum Gasteiger partial charge on any atom is -0.472 e. The maximum atomic E-state index is 5.18. The van der Waals surface area contributed by atoms with Crippen LogP contribution in [0.2, 0.25) is 0 Å². The topological polar surface area (TPSA) is 37.4 Å². The summed E-state index contributed by atoms with van der Waals surface area (Å²) in [7, 11) is 4.28. The molecule has 0 bridgehead atoms. The molecule has 0 amide bonds. The molecule has 0 unspecified atom stereocenters. The fourth-order valence-corrected chi connectivity index (χ4v) is 3.02. The third kappa shape index (κ3) is 3.11. The van der Waals surface area contributed by atoms with Crippen LogP contribution in [-0.4, -0.2) is 46.5 Å². The van der Waals surface area contributed by atoms with E-state index in [1.165, 1.54) is 5.56 Å². The van der Waals surface area contributed by atoms with Gasteiger partial charge in [-0.05, 0) is 20.2 Å². The van der Waals surface area contributed by atoms with Crippen LogP contribution in [0.3, 0.4) is 0 Å². The fourth-order valence-electron chi connectivity index (χ4n) is 3.02. The van der Waals surface area contributed by atoms with Crippen LogP contribution < -0.4 is 0 Å². The van der Waals surface area contributed by atoms with Crippen LogP contribution in [0, 0.1) is 5.92 Å². The van der Waals surface area contributed by atoms with Crippen LogP contribution in [-0.2, 0) is 19.6 Å². The molecule has 0 fully saturated rings. The van der Waals surface area contributed by atoms with E-state index < -0.39 is 0 Å². The second-order valence-electron chi connectivity index (χ2n) is 5.93. The minimum atomic E-state index is 0.618. The van der Waals surface area contributed by atoms with Gasteiger partial charge >= 0.3 is 0 Å². The number of rotatable bonds is 4. The lowest BCUT2D eigenvalue weighted by Gasteiger charge is -2.25. The fraction of sp³-hybridized carbons (Fsp3) is 0.533. The van der Waals surface area contributed by atoms with E-state index in [1.807, 2.05) is 18.5 Å². The van der Waals surface area contributed by atoms with Crippen LogP contribution in [0.4, 0.5) is 0 Å². The van der Waals surface area contributed by atoms with Gasteiger partial charge in [0.05, 0.1) is 19.1 Å². The Bertz CT molecular complexity index is 532. The van der Waals surface area contributed by atoms with Crippen LogP contribution in [0.1, 0.15) is 11.4 Å². The Labute approximate surface area is 119 Å². The van der Waals surface area contributed by atoms with Gasteiger partial charge in [-0.15, -0.1) is 0 Å². The molecule has 2 aromatic heterocycles. The summed E-state index contributed by atoms with van der Waals surface area (Å²) in [5.74, 6) is 1.78. The molecule has 3 rings (SSSR count). The van der Waals surface area contributed by atoms with Crippen molar-refractivity contribution in [2.45, 2.75) is 19.6 Å². The first kappa shape index (κ1) is 13.4. The summed E-state index contributed by atoms with van der Waals surface area (Å²) in [4.78, 5) is 9.22. The molecule has 1 aliphatic heterocycles. The summed E-state index contributed by atoms with van der Waals surface area (Å²) >= 11 is 0. The van der Waals surface area contributed by atoms with Crippen LogP contribution in [0.15, 0.2) is 35.4 Å². The minimum absolute atomic E-state index is 0.618. The first-order valence-corrected chi connectivity index (χ1v) is 7.09. The normalized spacial score (nSPS) is 20.1. The Hall–Kier alpha value is -1.59. The molecule has 1 aliphatic rings. The van der Waals surface area contributed by atoms with Crippen molar-refractivity contribution in [2.24, 2.45) is 5.92 Å². The van der Waals surface area contributed by atoms with Gasteiger partial charge in [0.25, 0.3) is 0 Å². The van der Waals surface area contributed by atoms with Crippen LogP contribution >= 0.6 is 0 Å². The SMILES string of the molecule is CN(C)C[C@H]1CN(Cc2ccoc2)Cc2nccn2C1. The van der Waals surface area contributed by atoms with Crippen molar-refractivity contribution in [3.8, 4) is 0 Å². The van der Waals surface area contributed by atoms with Gasteiger partial charge in [-0.1, -0.05) is 0 Å². The second-order valence-corrected chi connectivity index (χ2v) is 5.93. The summed E-state index contributed by atoms with van der Waals surface area (Å²) in [6.45, 7) is 5.07. The summed E-state index contributed by atoms with van der Waals surface area (Å²) in [5, 5.41) is 0. The van der Waals surface area contributed by atoms with E-state index in [9.17, 15) is 0 Å². The third-order valence-electron chi connectivity index (χ3n) is 3.75. The Morgan fingerprint density at radius 3 is 3.05 bits per heavy atom. The molecule has 0 saturated heterocycles. The van der Waals surface area contributed by atoms with Crippen LogP contribution in [0.5, 0.6) is 0 Å². The number of hydrogen-bond acceptors (Lipinski definition) is 4. The average molecular weight is 274 g/mol. The van der Waals surface area contributed by atoms with Gasteiger partial charge in [-0.25, -0.2) is 4.98 Å². The van der Waals surface area contributed by atoms with Crippen molar-refractivity contribution in [1.29, 1.82) is 0 Å². The zero-order valence-electron chi connectivity index (χ0n) is 12.2. The van der Waals surface area contributed by atoms with Crippen molar-refractivity contribution in [2.75, 3.05) is 27.2 Å². The number of nitrogens with zero attached hydrogens (tertiary/aromatic N) is 4. The second kappa shape index (κ2) is 5.81. The van der Waals surface area contributed by atoms with E-state index in [0.717, 1.165) is 38.5 Å². The molecule has 0 aliphatic carbocycles. The lowest BCUT2D eigenvalue weighted by Crippen LogP contribution is -2.33. The molecular weight excluding hydrogens is 252 g/mol. The molecule has 1 atom stereocenters. The highest BCUT2D eigenvalue weighted by Crippen LogP contribution is 2.18. The Morgan fingerprint density at radius 2 is 2.30 bits per heavy atom. The zero-order valence-corrected chi connectivity index (χ0v) is 12.2. The largest absolute Gasteiger partial charge is 0.472 e. The Kier molecular flexibility index (Phi) is 3.89. The van der Waals surface area contributed by atoms with Crippen LogP contribution in [0.25, 0.3) is 0 Å². The van der Waals surface area contributed by atoms with Gasteiger partial charge in [-0.3, -0.25) is 4.90 Å². The zero-order chi connectivity index (χ0) is 13.9. The number of aromatic nitrogens is 2. The molecule has 20 heavy (non-hydrogen) atoms. The maximum absolute atomic E-state index is 5.18. The van der Waals surface area contributed by atoms with Crippen molar-refractivity contribution < 1.29 is 4.42 Å². The van der Waals surface area contributed by atoms with Gasteiger partial charge in [0, 0.05) is 50.1 Å². The average Bonchev–Trinajstić information content (AvgIpc) is 2.99. The maximum Gasteiger partial charge on any atom is 0.122 e. The molecule has 108 valence electrons. The van der Waals surface area contributed by atoms with Gasteiger partial charge in [0.15, 0.2) is 0 Å². The molecule has 0 saturated carbocycles. The molecule has 5 nitrogen and oxygen atoms in total. The highest BCUT2D eigenvalue weighted by atomic mass is 16.3. The first-order chi connectivity index (χ1) is 9.70. The lowest BCUT2D eigenvalue weighted by atomic mass is 10.1. The number of furan rings is 1. The van der Waals surface area contributed by atoms with Gasteiger partial charge in [0.2, 0.25) is 0 Å². The Balaban J connectivity index is 1.76. The predicted molar refractivity (Wildman–Crippen MR) is 77.1 cm³/mol. The Morgan fingerprint density at radius 1 is 1.40 bits per heavy atom. The van der Waals surface area contributed by atoms with E-state index in [2.05, 4.69) is 39.6 Å². The molecule has 0 N–H and O–H groups in total. The van der Waals surface area contributed by atoms with Crippen molar-refractivity contribution in [3.63, 3.8) is 0 Å². The van der Waals surface area contributed by atoms with Gasteiger partial charge in [0.1, 0.15) is 5.82 Å². The monoisotopic (exact) mass is 274 g/mol. The number of hydrogen-bond donors (Lipinski definition) is 0. The molecule has 5 heteroatoms. The smallest absolute Gasteiger partial charge is 0.122 e. The highest BCUT2D eigenvalue weighted by Gasteiger charge is 2.22. The summed E-state index contributed by atoms with van der Waals surface area (Å²) in [6.07, 6.45) is 7.58. The quantitative estimate of drug-likeness (QED) is 0.850. The molecule has 0 aromatic carbocycles. The van der Waals surface area contributed by atoms with Gasteiger partial charge < -0.3 is 13.9 Å². The lowest BCUT2D eigenvalue weighted by molar-refractivity contribution is 0.193. The van der Waals surface area contributed by atoms with E-state index in [4.69, 9.17) is 4.42 Å². The highest BCUT2D eigenvalue weighted by molar-refractivity contribution is 5.06. The molecule has 2 aromatic rings. The third-order valence-corrected chi connectivity index (χ3v) is 3.75. The number of imidazole rings is 1. The summed E-state index contributed by atoms with van der Waals surface area (Å²) < 4.78 is 7.47. The van der Waals surface area contributed by atoms with Crippen molar-refractivity contribution in [1.82, 2.24) is 19.4 Å². The molecule has 0 radical (unpaired) electrons. The summed E-state index contributed by atoms with van der Waals surface area (Å²) in [6, 6.07) is 2.04. The molecular formula is C15H22N4O. The van der Waals surface area contributed by atoms with E-state index in [-0.39, 0.29) is 0 Å². The summed E-state index contributed by atoms with van der Waals surface area (Å²) in [5.41, 5.74) is 1.23. The van der Waals surface area contributed by atoms with Crippen molar-refractivity contribution in [3.05, 3.63) is 42.4 Å². The molecule has 0 spiro atoms. The van der Waals surface area contributed by atoms with Crippen molar-refractivity contribution >= 4 is 0 Å². The van der Waals surface area contributed by atoms with E-state index in [1.54, 1.807) is 6.26 Å². The number of fused-ring (bicyclic) bond motifs is 1. The van der Waals surface area contributed by atoms with Gasteiger partial charge in [-0.2, -0.15) is 0 Å². The van der Waals surface area contributed by atoms with E-state index in [0.29, 0.717) is 5.92 Å². The van der Waals surface area contributed by atoms with E-state index >= 15 is 0 Å². The standard InChI is InChI=1S/C15H22N4O/c1-17(2)7-14-9-18(8-13-3-6-20-12-13)11-15-16-4-5-19(15)10-14/h3-6,12,14H,7-11H2,1-2H3/t14-/m0/s1.